The highest BCUT2D eigenvalue weighted by atomic mass is 35.6. The minimum atomic E-state index is -4.60. The van der Waals surface area contributed by atoms with Crippen molar-refractivity contribution in [3.63, 3.8) is 0 Å². The Labute approximate surface area is 123 Å². The molecule has 10 heteroatoms. The number of nitrogens with zero attached hydrogens (tertiary/aromatic N) is 1. The maximum absolute atomic E-state index is 13.5. The lowest BCUT2D eigenvalue weighted by molar-refractivity contribution is -0.296. The van der Waals surface area contributed by atoms with E-state index in [4.69, 9.17) is 34.8 Å². The number of ether oxygens (including phenoxy) is 1. The molecule has 1 aromatic carbocycles. The minimum absolute atomic E-state index is 0.0334. The zero-order valence-corrected chi connectivity index (χ0v) is 11.4. The van der Waals surface area contributed by atoms with Crippen molar-refractivity contribution < 1.29 is 22.3 Å². The average molecular weight is 349 g/mol. The van der Waals surface area contributed by atoms with Gasteiger partial charge in [0.15, 0.2) is 5.82 Å². The molecule has 0 spiro atoms. The van der Waals surface area contributed by atoms with Crippen LogP contribution in [0, 0.1) is 0 Å². The number of imidazole rings is 1. The van der Waals surface area contributed by atoms with E-state index in [-0.39, 0.29) is 16.9 Å². The zero-order valence-electron chi connectivity index (χ0n) is 9.16. The standard InChI is InChI=1S/C10H3Cl3F4N2O/c11-9(12,13)7-18-4-1-3-6(2-5(4)19-7)20-10(16,17)8(3,14)15/h1-2H,(H,18,19). The molecule has 0 bridgehead atoms. The smallest absolute Gasteiger partial charge is 0.427 e. The Hall–Kier alpha value is -0.920. The van der Waals surface area contributed by atoms with Gasteiger partial charge >= 0.3 is 12.0 Å². The number of halogens is 7. The lowest BCUT2D eigenvalue weighted by Gasteiger charge is -2.15. The summed E-state index contributed by atoms with van der Waals surface area (Å²) in [4.78, 5) is 6.33. The highest BCUT2D eigenvalue weighted by Gasteiger charge is 2.66. The Bertz CT molecular complexity index is 710. The fourth-order valence-corrected chi connectivity index (χ4v) is 2.13. The van der Waals surface area contributed by atoms with Crippen LogP contribution in [0.3, 0.4) is 0 Å². The molecule has 0 fully saturated rings. The highest BCUT2D eigenvalue weighted by molar-refractivity contribution is 6.66. The summed E-state index contributed by atoms with van der Waals surface area (Å²) in [6.07, 6.45) is -4.60. The molecular weight excluding hydrogens is 346 g/mol. The van der Waals surface area contributed by atoms with Gasteiger partial charge in [0.2, 0.25) is 3.79 Å². The van der Waals surface area contributed by atoms with Crippen LogP contribution in [0.1, 0.15) is 11.4 Å². The number of rotatable bonds is 0. The molecule has 0 saturated heterocycles. The van der Waals surface area contributed by atoms with Crippen molar-refractivity contribution in [1.82, 2.24) is 9.97 Å². The van der Waals surface area contributed by atoms with Crippen LogP contribution in [0.4, 0.5) is 17.6 Å². The SMILES string of the molecule is FC1(F)Oc2cc3nc(C(Cl)(Cl)Cl)[nH]c3cc2C1(F)F. The van der Waals surface area contributed by atoms with Crippen LogP contribution in [-0.4, -0.2) is 16.1 Å². The van der Waals surface area contributed by atoms with Crippen molar-refractivity contribution >= 4 is 45.8 Å². The van der Waals surface area contributed by atoms with E-state index in [1.165, 1.54) is 0 Å². The quantitative estimate of drug-likeness (QED) is 0.563. The second kappa shape index (κ2) is 3.84. The Morgan fingerprint density at radius 1 is 1.15 bits per heavy atom. The van der Waals surface area contributed by atoms with Crippen LogP contribution in [0.2, 0.25) is 0 Å². The van der Waals surface area contributed by atoms with Crippen molar-refractivity contribution in [3.8, 4) is 5.75 Å². The largest absolute Gasteiger partial charge is 0.469 e. The van der Waals surface area contributed by atoms with Gasteiger partial charge in [-0.1, -0.05) is 34.8 Å². The van der Waals surface area contributed by atoms with Crippen LogP contribution < -0.4 is 4.74 Å². The first-order valence-electron chi connectivity index (χ1n) is 5.08. The first-order chi connectivity index (χ1) is 9.02. The van der Waals surface area contributed by atoms with E-state index in [0.717, 1.165) is 12.1 Å². The molecule has 1 aliphatic heterocycles. The molecule has 0 amide bonds. The van der Waals surface area contributed by atoms with E-state index in [2.05, 4.69) is 14.7 Å². The first kappa shape index (κ1) is 14.0. The molecule has 0 atom stereocenters. The fraction of sp³-hybridized carbons (Fsp3) is 0.300. The summed E-state index contributed by atoms with van der Waals surface area (Å²) in [5.74, 6) is -5.21. The third-order valence-corrected chi connectivity index (χ3v) is 3.33. The predicted molar refractivity (Wildman–Crippen MR) is 64.8 cm³/mol. The second-order valence-corrected chi connectivity index (χ2v) is 6.42. The lowest BCUT2D eigenvalue weighted by atomic mass is 10.1. The molecule has 20 heavy (non-hydrogen) atoms. The minimum Gasteiger partial charge on any atom is -0.427 e. The van der Waals surface area contributed by atoms with E-state index in [9.17, 15) is 17.6 Å². The number of aromatic amines is 1. The summed E-state index contributed by atoms with van der Waals surface area (Å²) >= 11 is 16.8. The van der Waals surface area contributed by atoms with Gasteiger partial charge < -0.3 is 9.72 Å². The maximum Gasteiger partial charge on any atom is 0.469 e. The summed E-state index contributed by atoms with van der Waals surface area (Å²) in [5.41, 5.74) is -0.848. The number of fused-ring (bicyclic) bond motifs is 2. The second-order valence-electron chi connectivity index (χ2n) is 4.14. The average Bonchev–Trinajstić information content (AvgIpc) is 2.75. The third kappa shape index (κ3) is 1.83. The Morgan fingerprint density at radius 3 is 2.40 bits per heavy atom. The van der Waals surface area contributed by atoms with Crippen molar-refractivity contribution in [2.24, 2.45) is 0 Å². The van der Waals surface area contributed by atoms with Gasteiger partial charge in [-0.3, -0.25) is 0 Å². The number of H-pyrrole nitrogens is 1. The predicted octanol–water partition coefficient (Wildman–Crippen LogP) is 4.47. The van der Waals surface area contributed by atoms with E-state index < -0.39 is 27.1 Å². The van der Waals surface area contributed by atoms with Crippen LogP contribution in [0.25, 0.3) is 11.0 Å². The molecule has 108 valence electrons. The molecule has 3 rings (SSSR count). The monoisotopic (exact) mass is 348 g/mol. The van der Waals surface area contributed by atoms with Gasteiger partial charge in [0.25, 0.3) is 0 Å². The summed E-state index contributed by atoms with van der Waals surface area (Å²) in [6.45, 7) is 0. The number of benzene rings is 1. The van der Waals surface area contributed by atoms with Gasteiger partial charge in [-0.05, 0) is 6.07 Å². The van der Waals surface area contributed by atoms with Crippen molar-refractivity contribution in [2.45, 2.75) is 15.8 Å². The molecule has 2 heterocycles. The highest BCUT2D eigenvalue weighted by Crippen LogP contribution is 2.54. The van der Waals surface area contributed by atoms with Crippen LogP contribution in [0.15, 0.2) is 12.1 Å². The topological polar surface area (TPSA) is 37.9 Å². The third-order valence-electron chi connectivity index (χ3n) is 2.79. The molecule has 1 aromatic heterocycles. The summed E-state index contributed by atoms with van der Waals surface area (Å²) in [6, 6.07) is 1.74. The zero-order chi connectivity index (χ0) is 14.9. The Kier molecular flexibility index (Phi) is 2.69. The van der Waals surface area contributed by atoms with E-state index >= 15 is 0 Å². The van der Waals surface area contributed by atoms with Crippen LogP contribution in [-0.2, 0) is 9.72 Å². The van der Waals surface area contributed by atoms with E-state index in [1.807, 2.05) is 0 Å². The molecule has 1 aliphatic rings. The number of nitrogens with one attached hydrogen (secondary N) is 1. The Balaban J connectivity index is 2.21. The summed E-state index contributed by atoms with van der Waals surface area (Å²) in [7, 11) is 0. The molecule has 3 nitrogen and oxygen atoms in total. The van der Waals surface area contributed by atoms with Crippen molar-refractivity contribution in [1.29, 1.82) is 0 Å². The number of hydrogen-bond acceptors (Lipinski definition) is 2. The molecule has 2 aromatic rings. The molecule has 0 aliphatic carbocycles. The molecule has 0 radical (unpaired) electrons. The van der Waals surface area contributed by atoms with Gasteiger partial charge in [0.05, 0.1) is 16.6 Å². The number of aromatic nitrogens is 2. The molecule has 0 unspecified atom stereocenters. The van der Waals surface area contributed by atoms with E-state index in [0.29, 0.717) is 0 Å². The molecule has 0 saturated carbocycles. The number of alkyl halides is 7. The van der Waals surface area contributed by atoms with Gasteiger partial charge in [-0.25, -0.2) is 4.98 Å². The van der Waals surface area contributed by atoms with E-state index in [1.54, 1.807) is 0 Å². The van der Waals surface area contributed by atoms with Gasteiger partial charge in [0.1, 0.15) is 5.75 Å². The molecule has 1 N–H and O–H groups in total. The van der Waals surface area contributed by atoms with Crippen LogP contribution in [0.5, 0.6) is 5.75 Å². The lowest BCUT2D eigenvalue weighted by Crippen LogP contribution is -2.36. The maximum atomic E-state index is 13.5. The van der Waals surface area contributed by atoms with Gasteiger partial charge in [0, 0.05) is 6.07 Å². The Morgan fingerprint density at radius 2 is 1.80 bits per heavy atom. The van der Waals surface area contributed by atoms with Crippen molar-refractivity contribution in [3.05, 3.63) is 23.5 Å². The normalized spacial score (nSPS) is 19.9. The number of hydrogen-bond donors (Lipinski definition) is 1. The fourth-order valence-electron chi connectivity index (χ4n) is 1.86. The van der Waals surface area contributed by atoms with Crippen LogP contribution >= 0.6 is 34.8 Å². The molecular formula is C10H3Cl3F4N2O. The summed E-state index contributed by atoms with van der Waals surface area (Å²) < 4.78 is 55.2. The summed E-state index contributed by atoms with van der Waals surface area (Å²) in [5, 5.41) is 0. The van der Waals surface area contributed by atoms with Gasteiger partial charge in [-0.2, -0.15) is 17.6 Å². The van der Waals surface area contributed by atoms with Gasteiger partial charge in [-0.15, -0.1) is 0 Å². The first-order valence-corrected chi connectivity index (χ1v) is 6.22. The van der Waals surface area contributed by atoms with Crippen molar-refractivity contribution in [2.75, 3.05) is 0 Å².